The standard InChI is InChI=1S/C27H29Cl2F3N4O5/c1-26(2,41-21-7-15(8-23(37)38)19(28)11-20(21)29)25(40)35-16-9-17-4-5-18(10-16)36(17)22-6-3-14(12-33-22)24(39)34-13-27(30,31)32/h3,6-7,11-12,16-18H,4-5,8-10,13H2,1-2H3,(H,34,39)(H,35,40)(H,37,38)/t16?,17-,18+. The fourth-order valence-electron chi connectivity index (χ4n) is 5.25. The Labute approximate surface area is 244 Å². The van der Waals surface area contributed by atoms with Gasteiger partial charge in [-0.3, -0.25) is 14.4 Å². The zero-order valence-electron chi connectivity index (χ0n) is 22.2. The highest BCUT2D eigenvalue weighted by Crippen LogP contribution is 2.39. The summed E-state index contributed by atoms with van der Waals surface area (Å²) in [7, 11) is 0. The predicted molar refractivity (Wildman–Crippen MR) is 146 cm³/mol. The minimum atomic E-state index is -4.50. The van der Waals surface area contributed by atoms with Gasteiger partial charge in [-0.05, 0) is 69.4 Å². The number of hydrogen-bond donors (Lipinski definition) is 3. The number of carboxylic acid groups (broad SMARTS) is 1. The van der Waals surface area contributed by atoms with Crippen LogP contribution in [0.25, 0.3) is 0 Å². The number of nitrogens with zero attached hydrogens (tertiary/aromatic N) is 2. The molecule has 2 bridgehead atoms. The van der Waals surface area contributed by atoms with Crippen LogP contribution in [0.4, 0.5) is 19.0 Å². The number of alkyl halides is 3. The number of amides is 2. The SMILES string of the molecule is CC(C)(Oc1cc(CC(=O)O)c(Cl)cc1Cl)C(=O)NC1C[C@H]2CC[C@@H](C1)N2c1ccc(C(=O)NCC(F)(F)F)cn1. The maximum Gasteiger partial charge on any atom is 0.405 e. The van der Waals surface area contributed by atoms with Crippen molar-refractivity contribution < 1.29 is 37.4 Å². The van der Waals surface area contributed by atoms with Crippen molar-refractivity contribution >= 4 is 46.8 Å². The highest BCUT2D eigenvalue weighted by Gasteiger charge is 2.43. The molecule has 2 aliphatic rings. The minimum absolute atomic E-state index is 0.0330. The normalized spacial score (nSPS) is 20.5. The lowest BCUT2D eigenvalue weighted by molar-refractivity contribution is -0.136. The first-order chi connectivity index (χ1) is 19.1. The van der Waals surface area contributed by atoms with E-state index in [9.17, 15) is 27.6 Å². The third kappa shape index (κ3) is 7.53. The van der Waals surface area contributed by atoms with Gasteiger partial charge >= 0.3 is 12.1 Å². The molecule has 0 radical (unpaired) electrons. The molecular weight excluding hydrogens is 588 g/mol. The predicted octanol–water partition coefficient (Wildman–Crippen LogP) is 4.78. The number of halogens is 5. The Kier molecular flexibility index (Phi) is 8.93. The van der Waals surface area contributed by atoms with Crippen LogP contribution < -0.4 is 20.3 Å². The van der Waals surface area contributed by atoms with Gasteiger partial charge in [-0.25, -0.2) is 4.98 Å². The molecule has 0 saturated carbocycles. The van der Waals surface area contributed by atoms with E-state index in [1.165, 1.54) is 24.4 Å². The van der Waals surface area contributed by atoms with Crippen molar-refractivity contribution in [2.45, 2.75) is 75.9 Å². The van der Waals surface area contributed by atoms with Crippen LogP contribution in [-0.2, 0) is 16.0 Å². The minimum Gasteiger partial charge on any atom is -0.481 e. The van der Waals surface area contributed by atoms with Gasteiger partial charge in [0.1, 0.15) is 18.1 Å². The number of nitrogens with one attached hydrogen (secondary N) is 2. The van der Waals surface area contributed by atoms with Gasteiger partial charge in [0.15, 0.2) is 5.60 Å². The van der Waals surface area contributed by atoms with Crippen molar-refractivity contribution in [2.75, 3.05) is 11.4 Å². The average Bonchev–Trinajstić information content (AvgIpc) is 3.14. The van der Waals surface area contributed by atoms with Crippen molar-refractivity contribution in [1.82, 2.24) is 15.6 Å². The number of fused-ring (bicyclic) bond motifs is 2. The molecule has 3 atom stereocenters. The van der Waals surface area contributed by atoms with E-state index in [0.29, 0.717) is 24.2 Å². The summed E-state index contributed by atoms with van der Waals surface area (Å²) in [5.74, 6) is -1.53. The van der Waals surface area contributed by atoms with Crippen molar-refractivity contribution in [3.63, 3.8) is 0 Å². The number of ether oxygens (including phenoxy) is 1. The smallest absolute Gasteiger partial charge is 0.405 e. The molecule has 14 heteroatoms. The molecule has 4 rings (SSSR count). The molecule has 3 heterocycles. The van der Waals surface area contributed by atoms with Crippen LogP contribution in [0.15, 0.2) is 30.5 Å². The lowest BCUT2D eigenvalue weighted by Crippen LogP contribution is -2.55. The number of piperidine rings is 1. The molecule has 222 valence electrons. The molecular formula is C27H29Cl2F3N4O5. The van der Waals surface area contributed by atoms with Crippen LogP contribution in [-0.4, -0.2) is 64.3 Å². The molecule has 2 saturated heterocycles. The second-order valence-electron chi connectivity index (χ2n) is 10.7. The van der Waals surface area contributed by atoms with Crippen LogP contribution in [0.1, 0.15) is 55.5 Å². The quantitative estimate of drug-likeness (QED) is 0.371. The van der Waals surface area contributed by atoms with E-state index < -0.39 is 30.2 Å². The van der Waals surface area contributed by atoms with Crippen molar-refractivity contribution in [3.8, 4) is 5.75 Å². The van der Waals surface area contributed by atoms with E-state index in [2.05, 4.69) is 15.2 Å². The Morgan fingerprint density at radius 2 is 1.76 bits per heavy atom. The Balaban J connectivity index is 1.37. The Morgan fingerprint density at radius 1 is 1.10 bits per heavy atom. The van der Waals surface area contributed by atoms with Gasteiger partial charge in [0.25, 0.3) is 11.8 Å². The van der Waals surface area contributed by atoms with Gasteiger partial charge < -0.3 is 25.4 Å². The van der Waals surface area contributed by atoms with Gasteiger partial charge in [-0.15, -0.1) is 0 Å². The second-order valence-corrected chi connectivity index (χ2v) is 11.5. The summed E-state index contributed by atoms with van der Waals surface area (Å²) in [5.41, 5.74) is -0.994. The van der Waals surface area contributed by atoms with Gasteiger partial charge in [-0.1, -0.05) is 23.2 Å². The summed E-state index contributed by atoms with van der Waals surface area (Å²) in [5, 5.41) is 14.3. The summed E-state index contributed by atoms with van der Waals surface area (Å²) < 4.78 is 43.1. The molecule has 0 aliphatic carbocycles. The van der Waals surface area contributed by atoms with Crippen molar-refractivity contribution in [1.29, 1.82) is 0 Å². The zero-order valence-corrected chi connectivity index (χ0v) is 23.7. The van der Waals surface area contributed by atoms with Crippen molar-refractivity contribution in [2.24, 2.45) is 0 Å². The van der Waals surface area contributed by atoms with Crippen LogP contribution >= 0.6 is 23.2 Å². The monoisotopic (exact) mass is 616 g/mol. The first-order valence-electron chi connectivity index (χ1n) is 12.9. The first-order valence-corrected chi connectivity index (χ1v) is 13.7. The number of benzene rings is 1. The number of hydrogen-bond acceptors (Lipinski definition) is 6. The average molecular weight is 617 g/mol. The van der Waals surface area contributed by atoms with Crippen LogP contribution in [0.5, 0.6) is 5.75 Å². The maximum absolute atomic E-state index is 13.2. The summed E-state index contributed by atoms with van der Waals surface area (Å²) in [4.78, 5) is 42.9. The highest BCUT2D eigenvalue weighted by atomic mass is 35.5. The molecule has 2 aliphatic heterocycles. The zero-order chi connectivity index (χ0) is 30.1. The van der Waals surface area contributed by atoms with Crippen LogP contribution in [0.2, 0.25) is 10.0 Å². The molecule has 9 nitrogen and oxygen atoms in total. The van der Waals surface area contributed by atoms with E-state index in [1.807, 2.05) is 5.32 Å². The van der Waals surface area contributed by atoms with E-state index in [4.69, 9.17) is 33.0 Å². The van der Waals surface area contributed by atoms with Crippen LogP contribution in [0, 0.1) is 0 Å². The topological polar surface area (TPSA) is 121 Å². The van der Waals surface area contributed by atoms with Gasteiger partial charge in [0, 0.05) is 29.3 Å². The highest BCUT2D eigenvalue weighted by molar-refractivity contribution is 6.36. The Hall–Kier alpha value is -3.25. The molecule has 41 heavy (non-hydrogen) atoms. The summed E-state index contributed by atoms with van der Waals surface area (Å²) in [6, 6.07) is 5.88. The first kappa shape index (κ1) is 30.7. The summed E-state index contributed by atoms with van der Waals surface area (Å²) >= 11 is 12.4. The molecule has 1 unspecified atom stereocenters. The molecule has 0 spiro atoms. The molecule has 3 N–H and O–H groups in total. The number of carbonyl (C=O) groups excluding carboxylic acids is 2. The fourth-order valence-corrected chi connectivity index (χ4v) is 5.74. The van der Waals surface area contributed by atoms with Gasteiger partial charge in [0.05, 0.1) is 17.0 Å². The van der Waals surface area contributed by atoms with Gasteiger partial charge in [-0.2, -0.15) is 13.2 Å². The largest absolute Gasteiger partial charge is 0.481 e. The molecule has 2 amide bonds. The number of carbonyl (C=O) groups is 3. The van der Waals surface area contributed by atoms with E-state index in [0.717, 1.165) is 12.8 Å². The number of aliphatic carboxylic acids is 1. The van der Waals surface area contributed by atoms with E-state index in [-0.39, 0.29) is 51.8 Å². The van der Waals surface area contributed by atoms with E-state index in [1.54, 1.807) is 19.9 Å². The maximum atomic E-state index is 13.2. The lowest BCUT2D eigenvalue weighted by Gasteiger charge is -2.40. The number of aromatic nitrogens is 1. The van der Waals surface area contributed by atoms with E-state index >= 15 is 0 Å². The number of pyridine rings is 1. The number of rotatable bonds is 9. The molecule has 1 aromatic heterocycles. The lowest BCUT2D eigenvalue weighted by atomic mass is 9.96. The molecule has 1 aromatic carbocycles. The molecule has 2 aromatic rings. The fraction of sp³-hybridized carbons (Fsp3) is 0.481. The second kappa shape index (κ2) is 11.9. The number of anilines is 1. The summed E-state index contributed by atoms with van der Waals surface area (Å²) in [6.07, 6.45) is -0.548. The van der Waals surface area contributed by atoms with Crippen molar-refractivity contribution in [3.05, 3.63) is 51.6 Å². The molecule has 2 fully saturated rings. The summed E-state index contributed by atoms with van der Waals surface area (Å²) in [6.45, 7) is 1.76. The van der Waals surface area contributed by atoms with Crippen LogP contribution in [0.3, 0.4) is 0 Å². The third-order valence-electron chi connectivity index (χ3n) is 7.15. The van der Waals surface area contributed by atoms with Gasteiger partial charge in [0.2, 0.25) is 0 Å². The number of carboxylic acids is 1. The Morgan fingerprint density at radius 3 is 2.32 bits per heavy atom. The Bertz CT molecular complexity index is 1310. The third-order valence-corrected chi connectivity index (χ3v) is 7.79.